The lowest BCUT2D eigenvalue weighted by Crippen LogP contribution is -2.61. The van der Waals surface area contributed by atoms with Gasteiger partial charge >= 0.3 is 23.9 Å². The second-order valence-corrected chi connectivity index (χ2v) is 7.47. The maximum Gasteiger partial charge on any atom is 0.306 e. The lowest BCUT2D eigenvalue weighted by molar-refractivity contribution is -0.179. The Bertz CT molecular complexity index is 658. The number of carbonyl (C=O) groups is 4. The Balaban J connectivity index is 3.28. The molecule has 5 N–H and O–H groups in total. The molecule has 12 heteroatoms. The summed E-state index contributed by atoms with van der Waals surface area (Å²) >= 11 is 5.22. The molecular weight excluding hydrogens is 420 g/mol. The van der Waals surface area contributed by atoms with Crippen LogP contribution in [0.4, 0.5) is 0 Å². The number of ether oxygens (including phenoxy) is 2. The zero-order valence-electron chi connectivity index (χ0n) is 16.8. The van der Waals surface area contributed by atoms with Gasteiger partial charge in [0, 0.05) is 19.4 Å². The SMILES string of the molecule is CCCNC(=S)N[C@@H]1[C@H](CC(=O)O)[C@H](CC(=O)O)[C@H](COC(C)=O)O[C@H]1CC(=O)O. The fourth-order valence-electron chi connectivity index (χ4n) is 3.54. The highest BCUT2D eigenvalue weighted by molar-refractivity contribution is 7.80. The van der Waals surface area contributed by atoms with Crippen LogP contribution in [0.5, 0.6) is 0 Å². The van der Waals surface area contributed by atoms with Crippen LogP contribution in [0.1, 0.15) is 39.5 Å². The second-order valence-electron chi connectivity index (χ2n) is 7.06. The third-order valence-electron chi connectivity index (χ3n) is 4.72. The Labute approximate surface area is 179 Å². The van der Waals surface area contributed by atoms with Crippen LogP contribution in [0.25, 0.3) is 0 Å². The number of hydrogen-bond acceptors (Lipinski definition) is 7. The van der Waals surface area contributed by atoms with E-state index in [-0.39, 0.29) is 11.7 Å². The van der Waals surface area contributed by atoms with Crippen molar-refractivity contribution in [2.75, 3.05) is 13.2 Å². The molecule has 11 nitrogen and oxygen atoms in total. The van der Waals surface area contributed by atoms with E-state index in [1.807, 2.05) is 6.92 Å². The third kappa shape index (κ3) is 8.49. The molecule has 30 heavy (non-hydrogen) atoms. The zero-order valence-corrected chi connectivity index (χ0v) is 17.6. The van der Waals surface area contributed by atoms with Crippen molar-refractivity contribution in [3.63, 3.8) is 0 Å². The van der Waals surface area contributed by atoms with Crippen LogP contribution in [-0.4, -0.2) is 75.7 Å². The van der Waals surface area contributed by atoms with Gasteiger partial charge in [0.25, 0.3) is 0 Å². The van der Waals surface area contributed by atoms with Gasteiger partial charge in [0.2, 0.25) is 0 Å². The monoisotopic (exact) mass is 448 g/mol. The van der Waals surface area contributed by atoms with Crippen LogP contribution in [0.3, 0.4) is 0 Å². The molecule has 0 aromatic carbocycles. The average molecular weight is 448 g/mol. The van der Waals surface area contributed by atoms with Gasteiger partial charge in [0.15, 0.2) is 5.11 Å². The largest absolute Gasteiger partial charge is 0.481 e. The molecular formula is C18H28N2O9S. The van der Waals surface area contributed by atoms with Crippen LogP contribution in [0.15, 0.2) is 0 Å². The van der Waals surface area contributed by atoms with Crippen molar-refractivity contribution in [3.8, 4) is 0 Å². The summed E-state index contributed by atoms with van der Waals surface area (Å²) in [5.74, 6) is -5.86. The Morgan fingerprint density at radius 3 is 2.03 bits per heavy atom. The summed E-state index contributed by atoms with van der Waals surface area (Å²) < 4.78 is 10.8. The summed E-state index contributed by atoms with van der Waals surface area (Å²) in [6.07, 6.45) is -2.58. The standard InChI is InChI=1S/C18H28N2O9S/c1-3-4-19-18(30)20-17-11(6-15(24)25)10(5-14(22)23)13(8-28-9(2)21)29-12(17)7-16(26)27/h10-13,17H,3-8H2,1-2H3,(H,22,23)(H,24,25)(H,26,27)(H2,19,20,30)/t10-,11+,12-,13-,17+/m0/s1. The van der Waals surface area contributed by atoms with Gasteiger partial charge in [-0.1, -0.05) is 6.92 Å². The van der Waals surface area contributed by atoms with Gasteiger partial charge in [0.05, 0.1) is 37.5 Å². The zero-order chi connectivity index (χ0) is 22.8. The van der Waals surface area contributed by atoms with Crippen LogP contribution < -0.4 is 10.6 Å². The van der Waals surface area contributed by atoms with Crippen molar-refractivity contribution in [1.29, 1.82) is 0 Å². The first-order valence-electron chi connectivity index (χ1n) is 9.53. The highest BCUT2D eigenvalue weighted by Gasteiger charge is 2.48. The van der Waals surface area contributed by atoms with Crippen molar-refractivity contribution < 1.29 is 44.0 Å². The van der Waals surface area contributed by atoms with Crippen molar-refractivity contribution in [2.45, 2.75) is 57.8 Å². The predicted molar refractivity (Wildman–Crippen MR) is 107 cm³/mol. The van der Waals surface area contributed by atoms with Gasteiger partial charge in [-0.15, -0.1) is 0 Å². The lowest BCUT2D eigenvalue weighted by atomic mass is 9.73. The van der Waals surface area contributed by atoms with Gasteiger partial charge in [0.1, 0.15) is 6.61 Å². The highest BCUT2D eigenvalue weighted by Crippen LogP contribution is 2.37. The van der Waals surface area contributed by atoms with Crippen LogP contribution >= 0.6 is 12.2 Å². The second kappa shape index (κ2) is 12.3. The molecule has 1 rings (SSSR count). The van der Waals surface area contributed by atoms with Crippen LogP contribution in [0.2, 0.25) is 0 Å². The first kappa shape index (κ1) is 25.6. The smallest absolute Gasteiger partial charge is 0.306 e. The van der Waals surface area contributed by atoms with Crippen LogP contribution in [-0.2, 0) is 28.7 Å². The van der Waals surface area contributed by atoms with Crippen LogP contribution in [0, 0.1) is 11.8 Å². The van der Waals surface area contributed by atoms with Crippen molar-refractivity contribution in [2.24, 2.45) is 11.8 Å². The number of hydrogen-bond donors (Lipinski definition) is 5. The molecule has 0 aliphatic carbocycles. The first-order valence-corrected chi connectivity index (χ1v) is 9.94. The summed E-state index contributed by atoms with van der Waals surface area (Å²) in [4.78, 5) is 45.6. The van der Waals surface area contributed by atoms with Crippen molar-refractivity contribution in [1.82, 2.24) is 10.6 Å². The van der Waals surface area contributed by atoms with E-state index in [1.54, 1.807) is 0 Å². The van der Waals surface area contributed by atoms with E-state index in [1.165, 1.54) is 6.92 Å². The molecule has 0 aromatic heterocycles. The number of carboxylic acids is 3. The van der Waals surface area contributed by atoms with Gasteiger partial charge in [-0.3, -0.25) is 19.2 Å². The Morgan fingerprint density at radius 1 is 0.967 bits per heavy atom. The molecule has 0 unspecified atom stereocenters. The number of nitrogens with one attached hydrogen (secondary N) is 2. The van der Waals surface area contributed by atoms with Crippen molar-refractivity contribution >= 4 is 41.2 Å². The molecule has 1 aliphatic heterocycles. The van der Waals surface area contributed by atoms with E-state index >= 15 is 0 Å². The maximum atomic E-state index is 11.5. The maximum absolute atomic E-state index is 11.5. The Kier molecular flexibility index (Phi) is 10.5. The fourth-order valence-corrected chi connectivity index (χ4v) is 3.78. The summed E-state index contributed by atoms with van der Waals surface area (Å²) in [5, 5.41) is 34.1. The minimum Gasteiger partial charge on any atom is -0.481 e. The molecule has 1 aliphatic rings. The Hall–Kier alpha value is -2.47. The molecule has 0 spiro atoms. The molecule has 0 saturated carbocycles. The van der Waals surface area contributed by atoms with E-state index in [0.717, 1.165) is 6.42 Å². The highest BCUT2D eigenvalue weighted by atomic mass is 32.1. The Morgan fingerprint density at radius 2 is 1.53 bits per heavy atom. The van der Waals surface area contributed by atoms with E-state index in [2.05, 4.69) is 10.6 Å². The predicted octanol–water partition coefficient (Wildman–Crippen LogP) is 0.216. The number of esters is 1. The molecule has 0 amide bonds. The van der Waals surface area contributed by atoms with Gasteiger partial charge < -0.3 is 35.4 Å². The number of carboxylic acid groups (broad SMARTS) is 3. The number of thiocarbonyl (C=S) groups is 1. The number of carbonyl (C=O) groups excluding carboxylic acids is 1. The van der Waals surface area contributed by atoms with Gasteiger partial charge in [-0.2, -0.15) is 0 Å². The first-order chi connectivity index (χ1) is 14.0. The van der Waals surface area contributed by atoms with E-state index in [9.17, 15) is 34.5 Å². The van der Waals surface area contributed by atoms with E-state index in [4.69, 9.17) is 21.7 Å². The fraction of sp³-hybridized carbons (Fsp3) is 0.722. The number of rotatable bonds is 11. The molecule has 1 heterocycles. The third-order valence-corrected chi connectivity index (χ3v) is 4.98. The minimum atomic E-state index is -1.19. The van der Waals surface area contributed by atoms with E-state index in [0.29, 0.717) is 6.54 Å². The summed E-state index contributed by atoms with van der Waals surface area (Å²) in [6, 6.07) is -0.869. The van der Waals surface area contributed by atoms with Gasteiger partial charge in [-0.05, 0) is 24.6 Å². The normalized spacial score (nSPS) is 25.7. The average Bonchev–Trinajstić information content (AvgIpc) is 2.62. The molecule has 0 aromatic rings. The summed E-state index contributed by atoms with van der Waals surface area (Å²) in [7, 11) is 0. The molecule has 0 bridgehead atoms. The van der Waals surface area contributed by atoms with Crippen molar-refractivity contribution in [3.05, 3.63) is 0 Å². The summed E-state index contributed by atoms with van der Waals surface area (Å²) in [5.41, 5.74) is 0. The minimum absolute atomic E-state index is 0.184. The number of aliphatic carboxylic acids is 3. The molecule has 0 radical (unpaired) electrons. The van der Waals surface area contributed by atoms with E-state index < -0.39 is 73.2 Å². The topological polar surface area (TPSA) is 171 Å². The van der Waals surface area contributed by atoms with Gasteiger partial charge in [-0.25, -0.2) is 0 Å². The molecule has 1 saturated heterocycles. The molecule has 1 fully saturated rings. The molecule has 170 valence electrons. The quantitative estimate of drug-likeness (QED) is 0.215. The lowest BCUT2D eigenvalue weighted by Gasteiger charge is -2.46. The summed E-state index contributed by atoms with van der Waals surface area (Å²) in [6.45, 7) is 3.31. The molecule has 5 atom stereocenters.